The van der Waals surface area contributed by atoms with Gasteiger partial charge in [0.25, 0.3) is 0 Å². The molecule has 0 unspecified atom stereocenters. The molecule has 0 rings (SSSR count). The number of aliphatic hydroxyl groups is 4. The zero-order valence-corrected chi connectivity index (χ0v) is 6.19. The Balaban J connectivity index is -0.000000107. The summed E-state index contributed by atoms with van der Waals surface area (Å²) in [6.45, 7) is 1.20. The monoisotopic (exact) mass is 155 g/mol. The van der Waals surface area contributed by atoms with Gasteiger partial charge in [-0.1, -0.05) is 0 Å². The van der Waals surface area contributed by atoms with Crippen LogP contribution in [0.3, 0.4) is 0 Å². The van der Waals surface area contributed by atoms with Crippen LogP contribution in [-0.2, 0) is 0 Å². The smallest absolute Gasteiger partial charge is 0.100 e. The van der Waals surface area contributed by atoms with Crippen LogP contribution in [0.5, 0.6) is 0 Å². The maximum atomic E-state index is 8.17. The highest BCUT2D eigenvalue weighted by atomic mass is 16.3. The van der Waals surface area contributed by atoms with Crippen molar-refractivity contribution < 1.29 is 20.4 Å². The van der Waals surface area contributed by atoms with Gasteiger partial charge in [-0.15, -0.1) is 0 Å². The van der Waals surface area contributed by atoms with Gasteiger partial charge >= 0.3 is 0 Å². The maximum Gasteiger partial charge on any atom is 0.100 e. The molecule has 0 fully saturated rings. The second kappa shape index (κ2) is 15.9. The van der Waals surface area contributed by atoms with Crippen LogP contribution in [0, 0.1) is 0 Å². The minimum atomic E-state index is -0.954. The molecule has 10 heavy (non-hydrogen) atoms. The Morgan fingerprint density at radius 1 is 1.10 bits per heavy atom. The van der Waals surface area contributed by atoms with Crippen LogP contribution in [0.25, 0.3) is 0 Å². The van der Waals surface area contributed by atoms with Crippen LogP contribution < -0.4 is 6.15 Å². The Labute approximate surface area is 60.5 Å². The van der Waals surface area contributed by atoms with Crippen LogP contribution >= 0.6 is 0 Å². The lowest BCUT2D eigenvalue weighted by Crippen LogP contribution is -2.15. The highest BCUT2D eigenvalue weighted by Crippen LogP contribution is 1.71. The Bertz CT molecular complexity index is 40.6. The normalized spacial score (nSPS) is 7.80. The van der Waals surface area contributed by atoms with Gasteiger partial charge in [0.1, 0.15) is 6.10 Å². The lowest BCUT2D eigenvalue weighted by molar-refractivity contribution is 0.0450. The minimum absolute atomic E-state index is 0. The number of rotatable bonds is 2. The maximum absolute atomic E-state index is 8.17. The van der Waals surface area contributed by atoms with Crippen molar-refractivity contribution in [3.05, 3.63) is 0 Å². The van der Waals surface area contributed by atoms with Crippen molar-refractivity contribution in [2.45, 2.75) is 13.0 Å². The van der Waals surface area contributed by atoms with E-state index in [1.807, 2.05) is 0 Å². The van der Waals surface area contributed by atoms with Gasteiger partial charge in [0.2, 0.25) is 0 Å². The van der Waals surface area contributed by atoms with Crippen molar-refractivity contribution in [3.8, 4) is 0 Å². The van der Waals surface area contributed by atoms with E-state index in [0.29, 0.717) is 0 Å². The zero-order valence-electron chi connectivity index (χ0n) is 6.19. The topological polar surface area (TPSA) is 116 Å². The van der Waals surface area contributed by atoms with Gasteiger partial charge in [-0.2, -0.15) is 0 Å². The Morgan fingerprint density at radius 3 is 1.30 bits per heavy atom. The van der Waals surface area contributed by atoms with E-state index < -0.39 is 6.10 Å². The highest BCUT2D eigenvalue weighted by Gasteiger charge is 1.93. The predicted molar refractivity (Wildman–Crippen MR) is 38.0 cm³/mol. The summed E-state index contributed by atoms with van der Waals surface area (Å²) in [5, 5.41) is 31.6. The third-order valence-electron chi connectivity index (χ3n) is 0.421. The Kier molecular flexibility index (Phi) is 26.1. The van der Waals surface area contributed by atoms with Crippen LogP contribution in [-0.4, -0.2) is 46.4 Å². The molecule has 0 saturated heterocycles. The standard InChI is InChI=1S/C3H8O3.C2H6O.H3N/c4-1-3(6)2-5;1-2-3;/h3-6H,1-2H2;3H,2H2,1H3;1H3. The highest BCUT2D eigenvalue weighted by molar-refractivity contribution is 4.43. The predicted octanol–water partition coefficient (Wildman–Crippen LogP) is -1.51. The molecule has 0 amide bonds. The molecular formula is C5H17NO4. The van der Waals surface area contributed by atoms with Crippen molar-refractivity contribution in [1.29, 1.82) is 0 Å². The van der Waals surface area contributed by atoms with Crippen molar-refractivity contribution in [2.24, 2.45) is 0 Å². The van der Waals surface area contributed by atoms with Gasteiger partial charge in [-0.3, -0.25) is 0 Å². The molecule has 0 spiro atoms. The van der Waals surface area contributed by atoms with Gasteiger partial charge in [-0.25, -0.2) is 0 Å². The minimum Gasteiger partial charge on any atom is -0.397 e. The van der Waals surface area contributed by atoms with Crippen LogP contribution in [0.2, 0.25) is 0 Å². The molecule has 5 heteroatoms. The van der Waals surface area contributed by atoms with E-state index in [1.54, 1.807) is 6.92 Å². The van der Waals surface area contributed by atoms with E-state index in [1.165, 1.54) is 0 Å². The summed E-state index contributed by atoms with van der Waals surface area (Å²) in [7, 11) is 0. The summed E-state index contributed by atoms with van der Waals surface area (Å²) < 4.78 is 0. The number of aliphatic hydroxyl groups excluding tert-OH is 4. The second-order valence-electron chi connectivity index (χ2n) is 1.34. The third-order valence-corrected chi connectivity index (χ3v) is 0.421. The average molecular weight is 155 g/mol. The molecule has 0 aromatic rings. The molecule has 0 saturated carbocycles. The zero-order chi connectivity index (χ0) is 7.70. The van der Waals surface area contributed by atoms with E-state index in [4.69, 9.17) is 20.4 Å². The molecule has 0 aromatic heterocycles. The fourth-order valence-corrected chi connectivity index (χ4v) is 0.0577. The largest absolute Gasteiger partial charge is 0.397 e. The molecule has 0 aromatic carbocycles. The summed E-state index contributed by atoms with van der Waals surface area (Å²) >= 11 is 0. The lowest BCUT2D eigenvalue weighted by atomic mass is 10.4. The van der Waals surface area contributed by atoms with Crippen LogP contribution in [0.15, 0.2) is 0 Å². The van der Waals surface area contributed by atoms with E-state index in [0.717, 1.165) is 0 Å². The Hall–Kier alpha value is -0.200. The first-order valence-electron chi connectivity index (χ1n) is 2.73. The van der Waals surface area contributed by atoms with E-state index in [2.05, 4.69) is 0 Å². The van der Waals surface area contributed by atoms with Gasteiger partial charge in [0.05, 0.1) is 13.2 Å². The Morgan fingerprint density at radius 2 is 1.30 bits per heavy atom. The van der Waals surface area contributed by atoms with Crippen molar-refractivity contribution in [3.63, 3.8) is 0 Å². The van der Waals surface area contributed by atoms with E-state index in [-0.39, 0.29) is 26.0 Å². The molecule has 0 heterocycles. The molecule has 0 radical (unpaired) electrons. The quantitative estimate of drug-likeness (QED) is 0.332. The first-order valence-corrected chi connectivity index (χ1v) is 2.73. The first-order chi connectivity index (χ1) is 4.22. The molecule has 5 nitrogen and oxygen atoms in total. The van der Waals surface area contributed by atoms with Crippen LogP contribution in [0.4, 0.5) is 0 Å². The number of hydrogen-bond acceptors (Lipinski definition) is 5. The van der Waals surface area contributed by atoms with Crippen LogP contribution in [0.1, 0.15) is 6.92 Å². The number of hydrogen-bond donors (Lipinski definition) is 5. The summed E-state index contributed by atoms with van der Waals surface area (Å²) in [6, 6.07) is 0. The molecule has 66 valence electrons. The fraction of sp³-hybridized carbons (Fsp3) is 1.00. The molecule has 0 aliphatic carbocycles. The van der Waals surface area contributed by atoms with Gasteiger partial charge in [0, 0.05) is 6.61 Å². The molecular weight excluding hydrogens is 138 g/mol. The first kappa shape index (κ1) is 16.4. The second-order valence-corrected chi connectivity index (χ2v) is 1.34. The fourth-order valence-electron chi connectivity index (χ4n) is 0.0577. The third kappa shape index (κ3) is 25.0. The molecule has 0 bridgehead atoms. The molecule has 0 aliphatic rings. The summed E-state index contributed by atoms with van der Waals surface area (Å²) in [4.78, 5) is 0. The van der Waals surface area contributed by atoms with Gasteiger partial charge in [0.15, 0.2) is 0 Å². The van der Waals surface area contributed by atoms with Crippen molar-refractivity contribution >= 4 is 0 Å². The van der Waals surface area contributed by atoms with Gasteiger partial charge < -0.3 is 26.6 Å². The van der Waals surface area contributed by atoms with Gasteiger partial charge in [-0.05, 0) is 6.92 Å². The van der Waals surface area contributed by atoms with E-state index >= 15 is 0 Å². The summed E-state index contributed by atoms with van der Waals surface area (Å²) in [5.74, 6) is 0. The SMILES string of the molecule is CCO.N.OCC(O)CO. The summed E-state index contributed by atoms with van der Waals surface area (Å²) in [5.41, 5.74) is 0. The average Bonchev–Trinajstić information content (AvgIpc) is 1.88. The molecule has 0 atom stereocenters. The molecule has 0 aliphatic heterocycles. The summed E-state index contributed by atoms with van der Waals surface area (Å²) in [6.07, 6.45) is -0.954. The van der Waals surface area contributed by atoms with Crippen molar-refractivity contribution in [1.82, 2.24) is 6.15 Å². The van der Waals surface area contributed by atoms with E-state index in [9.17, 15) is 0 Å². The van der Waals surface area contributed by atoms with Crippen molar-refractivity contribution in [2.75, 3.05) is 19.8 Å². The molecule has 7 N–H and O–H groups in total. The lowest BCUT2D eigenvalue weighted by Gasteiger charge is -1.96.